The molecule has 1 aliphatic heterocycles. The molecule has 0 aliphatic carbocycles. The Morgan fingerprint density at radius 3 is 2.67 bits per heavy atom. The summed E-state index contributed by atoms with van der Waals surface area (Å²) in [5, 5.41) is 11.0. The number of rotatable bonds is 2. The fraction of sp³-hybridized carbons (Fsp3) is 0.278. The molecule has 3 heterocycles. The first-order valence-electron chi connectivity index (χ1n) is 8.34. The molecule has 0 unspecified atom stereocenters. The summed E-state index contributed by atoms with van der Waals surface area (Å²) >= 11 is 12.5. The van der Waals surface area contributed by atoms with Crippen LogP contribution < -0.4 is 0 Å². The Bertz CT molecular complexity index is 1010. The van der Waals surface area contributed by atoms with Gasteiger partial charge in [0.15, 0.2) is 5.65 Å². The summed E-state index contributed by atoms with van der Waals surface area (Å²) in [4.78, 5) is 21.3. The van der Waals surface area contributed by atoms with Crippen LogP contribution in [0.15, 0.2) is 36.7 Å². The second kappa shape index (κ2) is 6.99. The normalized spacial score (nSPS) is 20.2. The standard InChI is InChI=1S/C18H16Cl2N4O3/c1-10-7-27-8-14(23(10)18(25)26)11-2-4-12(5-3-11)24-15(19)6-13-16(20)21-9-22-17(13)24/h2-6,9-10,14H,7-8H2,1H3,(H,25,26)/t10-,14-/m1/s1. The van der Waals surface area contributed by atoms with Crippen LogP contribution in [0.3, 0.4) is 0 Å². The minimum Gasteiger partial charge on any atom is -0.465 e. The number of hydrogen-bond acceptors (Lipinski definition) is 4. The van der Waals surface area contributed by atoms with Crippen LogP contribution in [0.4, 0.5) is 4.79 Å². The summed E-state index contributed by atoms with van der Waals surface area (Å²) in [5.74, 6) is 0. The minimum absolute atomic E-state index is 0.206. The molecule has 1 fully saturated rings. The Morgan fingerprint density at radius 2 is 1.96 bits per heavy atom. The molecule has 1 saturated heterocycles. The summed E-state index contributed by atoms with van der Waals surface area (Å²) in [5.41, 5.74) is 2.25. The maximum Gasteiger partial charge on any atom is 0.408 e. The summed E-state index contributed by atoms with van der Waals surface area (Å²) < 4.78 is 7.33. The van der Waals surface area contributed by atoms with E-state index in [1.165, 1.54) is 11.2 Å². The maximum atomic E-state index is 11.6. The van der Waals surface area contributed by atoms with Gasteiger partial charge in [0, 0.05) is 5.69 Å². The van der Waals surface area contributed by atoms with Crippen LogP contribution in [0.25, 0.3) is 16.7 Å². The molecule has 1 amide bonds. The SMILES string of the molecule is C[C@@H]1COC[C@H](c2ccc(-n3c(Cl)cc4c(Cl)ncnc43)cc2)N1C(=O)O. The largest absolute Gasteiger partial charge is 0.465 e. The second-order valence-corrected chi connectivity index (χ2v) is 7.13. The third-order valence-electron chi connectivity index (χ3n) is 4.71. The lowest BCUT2D eigenvalue weighted by Gasteiger charge is -2.38. The van der Waals surface area contributed by atoms with Crippen molar-refractivity contribution in [3.8, 4) is 5.69 Å². The van der Waals surface area contributed by atoms with Gasteiger partial charge in [0.05, 0.1) is 30.7 Å². The molecule has 2 aromatic heterocycles. The quantitative estimate of drug-likeness (QED) is 0.645. The van der Waals surface area contributed by atoms with Crippen LogP contribution in [-0.4, -0.2) is 49.9 Å². The molecule has 1 aliphatic rings. The van der Waals surface area contributed by atoms with E-state index in [9.17, 15) is 9.90 Å². The number of amides is 1. The topological polar surface area (TPSA) is 80.5 Å². The highest BCUT2D eigenvalue weighted by atomic mass is 35.5. The molecular weight excluding hydrogens is 391 g/mol. The lowest BCUT2D eigenvalue weighted by molar-refractivity contribution is -0.0329. The Morgan fingerprint density at radius 1 is 1.22 bits per heavy atom. The van der Waals surface area contributed by atoms with Crippen molar-refractivity contribution in [2.24, 2.45) is 0 Å². The van der Waals surface area contributed by atoms with E-state index in [1.54, 1.807) is 10.6 Å². The number of carbonyl (C=O) groups is 1. The van der Waals surface area contributed by atoms with Crippen molar-refractivity contribution < 1.29 is 14.6 Å². The highest BCUT2D eigenvalue weighted by Gasteiger charge is 2.33. The van der Waals surface area contributed by atoms with Crippen molar-refractivity contribution in [3.05, 3.63) is 52.5 Å². The molecule has 0 bridgehead atoms. The zero-order chi connectivity index (χ0) is 19.1. The van der Waals surface area contributed by atoms with E-state index in [4.69, 9.17) is 27.9 Å². The van der Waals surface area contributed by atoms with Crippen molar-refractivity contribution >= 4 is 40.3 Å². The van der Waals surface area contributed by atoms with E-state index in [0.29, 0.717) is 34.6 Å². The summed E-state index contributed by atoms with van der Waals surface area (Å²) in [6.45, 7) is 2.56. The smallest absolute Gasteiger partial charge is 0.408 e. The summed E-state index contributed by atoms with van der Waals surface area (Å²) in [7, 11) is 0. The summed E-state index contributed by atoms with van der Waals surface area (Å²) in [6.07, 6.45) is 0.433. The number of halogens is 2. The zero-order valence-corrected chi connectivity index (χ0v) is 15.9. The first kappa shape index (κ1) is 18.0. The Labute approximate surface area is 165 Å². The highest BCUT2D eigenvalue weighted by molar-refractivity contribution is 6.36. The molecule has 7 nitrogen and oxygen atoms in total. The predicted octanol–water partition coefficient (Wildman–Crippen LogP) is 4.17. The van der Waals surface area contributed by atoms with Crippen LogP contribution in [0.1, 0.15) is 18.5 Å². The van der Waals surface area contributed by atoms with E-state index >= 15 is 0 Å². The first-order chi connectivity index (χ1) is 13.0. The Kier molecular flexibility index (Phi) is 4.67. The summed E-state index contributed by atoms with van der Waals surface area (Å²) in [6, 6.07) is 8.66. The molecule has 140 valence electrons. The number of fused-ring (bicyclic) bond motifs is 1. The molecule has 3 aromatic rings. The zero-order valence-electron chi connectivity index (χ0n) is 14.3. The van der Waals surface area contributed by atoms with Crippen molar-refractivity contribution in [2.45, 2.75) is 19.0 Å². The molecule has 9 heteroatoms. The van der Waals surface area contributed by atoms with E-state index in [0.717, 1.165) is 11.3 Å². The highest BCUT2D eigenvalue weighted by Crippen LogP contribution is 2.32. The third-order valence-corrected chi connectivity index (χ3v) is 5.28. The van der Waals surface area contributed by atoms with Crippen molar-refractivity contribution in [2.75, 3.05) is 13.2 Å². The number of ether oxygens (including phenoxy) is 1. The van der Waals surface area contributed by atoms with Gasteiger partial charge in [-0.2, -0.15) is 0 Å². The Hall–Kier alpha value is -2.35. The third kappa shape index (κ3) is 3.12. The van der Waals surface area contributed by atoms with Gasteiger partial charge in [0.2, 0.25) is 0 Å². The van der Waals surface area contributed by atoms with E-state index in [2.05, 4.69) is 9.97 Å². The molecule has 1 N–H and O–H groups in total. The number of morpholine rings is 1. The second-order valence-electron chi connectivity index (χ2n) is 6.39. The number of hydrogen-bond donors (Lipinski definition) is 1. The van der Waals surface area contributed by atoms with E-state index < -0.39 is 6.09 Å². The molecule has 0 radical (unpaired) electrons. The molecule has 4 rings (SSSR count). The number of nitrogens with zero attached hydrogens (tertiary/aromatic N) is 4. The van der Waals surface area contributed by atoms with Gasteiger partial charge in [-0.25, -0.2) is 14.8 Å². The first-order valence-corrected chi connectivity index (χ1v) is 9.09. The fourth-order valence-electron chi connectivity index (χ4n) is 3.44. The lowest BCUT2D eigenvalue weighted by Crippen LogP contribution is -2.48. The minimum atomic E-state index is -0.953. The van der Waals surface area contributed by atoms with Crippen LogP contribution in [0.2, 0.25) is 10.3 Å². The van der Waals surface area contributed by atoms with Crippen LogP contribution in [0.5, 0.6) is 0 Å². The number of aromatic nitrogens is 3. The number of carboxylic acid groups (broad SMARTS) is 1. The van der Waals surface area contributed by atoms with Crippen molar-refractivity contribution in [1.29, 1.82) is 0 Å². The van der Waals surface area contributed by atoms with Gasteiger partial charge in [0.25, 0.3) is 0 Å². The van der Waals surface area contributed by atoms with Crippen molar-refractivity contribution in [3.63, 3.8) is 0 Å². The molecule has 2 atom stereocenters. The molecular formula is C18H16Cl2N4O3. The van der Waals surface area contributed by atoms with Gasteiger partial charge in [-0.15, -0.1) is 0 Å². The van der Waals surface area contributed by atoms with Crippen LogP contribution >= 0.6 is 23.2 Å². The lowest BCUT2D eigenvalue weighted by atomic mass is 10.0. The van der Waals surface area contributed by atoms with Gasteiger partial charge in [0.1, 0.15) is 16.6 Å². The monoisotopic (exact) mass is 406 g/mol. The van der Waals surface area contributed by atoms with Crippen molar-refractivity contribution in [1.82, 2.24) is 19.4 Å². The van der Waals surface area contributed by atoms with E-state index in [-0.39, 0.29) is 12.1 Å². The van der Waals surface area contributed by atoms with Gasteiger partial charge in [-0.05, 0) is 30.7 Å². The molecule has 0 spiro atoms. The average molecular weight is 407 g/mol. The van der Waals surface area contributed by atoms with Gasteiger partial charge in [-0.1, -0.05) is 35.3 Å². The van der Waals surface area contributed by atoms with Crippen LogP contribution in [0, 0.1) is 0 Å². The average Bonchev–Trinajstić information content (AvgIpc) is 2.99. The number of benzene rings is 1. The molecule has 1 aromatic carbocycles. The Balaban J connectivity index is 1.72. The van der Waals surface area contributed by atoms with Crippen LogP contribution in [-0.2, 0) is 4.74 Å². The van der Waals surface area contributed by atoms with E-state index in [1.807, 2.05) is 31.2 Å². The van der Waals surface area contributed by atoms with Gasteiger partial charge < -0.3 is 9.84 Å². The fourth-order valence-corrected chi connectivity index (χ4v) is 3.91. The van der Waals surface area contributed by atoms with Gasteiger partial charge >= 0.3 is 6.09 Å². The molecule has 27 heavy (non-hydrogen) atoms. The van der Waals surface area contributed by atoms with Gasteiger partial charge in [-0.3, -0.25) is 9.47 Å². The maximum absolute atomic E-state index is 11.6. The predicted molar refractivity (Wildman–Crippen MR) is 102 cm³/mol. The molecule has 0 saturated carbocycles.